The molecule has 3 aliphatic rings. The standard InChI is InChI=1S/C22H32N6O/c1-15-14-25-11-5-13-28(15)21-26-12-8-17(27-21)19(23)16-7-10-22(20(16)24-2)9-4-3-6-18(22)29/h8,12,15,23-25H,3-7,9-11,13-14H2,1-2H3/t15-,22?/m0/s1. The number of ketones is 1. The predicted octanol–water partition coefficient (Wildman–Crippen LogP) is 2.43. The van der Waals surface area contributed by atoms with Crippen LogP contribution >= 0.6 is 0 Å². The van der Waals surface area contributed by atoms with Crippen LogP contribution in [0.5, 0.6) is 0 Å². The average molecular weight is 397 g/mol. The van der Waals surface area contributed by atoms with Crippen molar-refractivity contribution in [1.29, 1.82) is 5.41 Å². The molecule has 3 N–H and O–H groups in total. The van der Waals surface area contributed by atoms with Crippen molar-refractivity contribution >= 4 is 17.4 Å². The van der Waals surface area contributed by atoms with Crippen LogP contribution in [0.2, 0.25) is 0 Å². The first-order chi connectivity index (χ1) is 14.1. The van der Waals surface area contributed by atoms with Gasteiger partial charge in [0.15, 0.2) is 0 Å². The van der Waals surface area contributed by atoms with E-state index in [1.54, 1.807) is 6.20 Å². The summed E-state index contributed by atoms with van der Waals surface area (Å²) in [5.74, 6) is 1.03. The summed E-state index contributed by atoms with van der Waals surface area (Å²) in [6, 6.07) is 2.13. The van der Waals surface area contributed by atoms with E-state index in [1.807, 2.05) is 13.1 Å². The summed E-state index contributed by atoms with van der Waals surface area (Å²) in [5.41, 5.74) is 2.56. The molecule has 7 heteroatoms. The zero-order valence-corrected chi connectivity index (χ0v) is 17.6. The second-order valence-electron chi connectivity index (χ2n) is 8.53. The fourth-order valence-electron chi connectivity index (χ4n) is 5.23. The minimum atomic E-state index is -0.407. The van der Waals surface area contributed by atoms with Crippen LogP contribution in [0.4, 0.5) is 5.95 Å². The maximum atomic E-state index is 12.8. The maximum Gasteiger partial charge on any atom is 0.226 e. The van der Waals surface area contributed by atoms with Crippen molar-refractivity contribution in [3.05, 3.63) is 29.2 Å². The highest BCUT2D eigenvalue weighted by Crippen LogP contribution is 2.49. The van der Waals surface area contributed by atoms with Gasteiger partial charge in [-0.3, -0.25) is 10.2 Å². The second-order valence-corrected chi connectivity index (χ2v) is 8.53. The molecule has 2 atom stereocenters. The third kappa shape index (κ3) is 3.56. The summed E-state index contributed by atoms with van der Waals surface area (Å²) in [4.78, 5) is 24.3. The summed E-state index contributed by atoms with van der Waals surface area (Å²) >= 11 is 0. The number of anilines is 1. The van der Waals surface area contributed by atoms with Gasteiger partial charge in [0.1, 0.15) is 5.78 Å². The molecule has 2 fully saturated rings. The van der Waals surface area contributed by atoms with Gasteiger partial charge in [0.25, 0.3) is 0 Å². The van der Waals surface area contributed by atoms with E-state index >= 15 is 0 Å². The molecule has 2 aliphatic carbocycles. The third-order valence-corrected chi connectivity index (χ3v) is 6.81. The van der Waals surface area contributed by atoms with Gasteiger partial charge in [-0.15, -0.1) is 0 Å². The molecule has 1 unspecified atom stereocenters. The molecule has 0 radical (unpaired) electrons. The lowest BCUT2D eigenvalue weighted by Gasteiger charge is -2.34. The minimum Gasteiger partial charge on any atom is -0.390 e. The lowest BCUT2D eigenvalue weighted by atomic mass is 9.70. The Kier molecular flexibility index (Phi) is 5.67. The molecule has 4 rings (SSSR count). The van der Waals surface area contributed by atoms with Gasteiger partial charge in [0.2, 0.25) is 5.95 Å². The molecule has 1 aromatic heterocycles. The fourth-order valence-corrected chi connectivity index (χ4v) is 5.23. The van der Waals surface area contributed by atoms with E-state index in [0.717, 1.165) is 69.4 Å². The first-order valence-electron chi connectivity index (χ1n) is 10.9. The monoisotopic (exact) mass is 396 g/mol. The van der Waals surface area contributed by atoms with E-state index in [2.05, 4.69) is 27.4 Å². The zero-order chi connectivity index (χ0) is 20.4. The van der Waals surface area contributed by atoms with Crippen molar-refractivity contribution in [2.45, 2.75) is 57.9 Å². The van der Waals surface area contributed by atoms with Crippen molar-refractivity contribution in [2.24, 2.45) is 5.41 Å². The molecule has 1 aliphatic heterocycles. The van der Waals surface area contributed by atoms with Gasteiger partial charge in [-0.05, 0) is 57.2 Å². The van der Waals surface area contributed by atoms with E-state index < -0.39 is 5.41 Å². The summed E-state index contributed by atoms with van der Waals surface area (Å²) in [6.45, 7) is 5.00. The van der Waals surface area contributed by atoms with Gasteiger partial charge in [-0.1, -0.05) is 6.42 Å². The number of nitrogens with one attached hydrogen (secondary N) is 3. The molecule has 0 aromatic carbocycles. The lowest BCUT2D eigenvalue weighted by Crippen LogP contribution is -2.39. The molecule has 1 spiro atoms. The van der Waals surface area contributed by atoms with Crippen molar-refractivity contribution in [3.63, 3.8) is 0 Å². The highest BCUT2D eigenvalue weighted by atomic mass is 16.1. The topological polar surface area (TPSA) is 94.0 Å². The number of carbonyl (C=O) groups excluding carboxylic acids is 1. The quantitative estimate of drug-likeness (QED) is 0.677. The number of rotatable bonds is 4. The highest BCUT2D eigenvalue weighted by molar-refractivity contribution is 6.11. The highest BCUT2D eigenvalue weighted by Gasteiger charge is 2.48. The van der Waals surface area contributed by atoms with Crippen molar-refractivity contribution in [2.75, 3.05) is 31.6 Å². The largest absolute Gasteiger partial charge is 0.390 e. The van der Waals surface area contributed by atoms with E-state index in [9.17, 15) is 4.79 Å². The Balaban J connectivity index is 1.65. The molecule has 1 aromatic rings. The Morgan fingerprint density at radius 2 is 2.17 bits per heavy atom. The van der Waals surface area contributed by atoms with Gasteiger partial charge in [0.05, 0.1) is 16.8 Å². The number of hydrogen-bond donors (Lipinski definition) is 3. The second kappa shape index (κ2) is 8.22. The smallest absolute Gasteiger partial charge is 0.226 e. The summed E-state index contributed by atoms with van der Waals surface area (Å²) < 4.78 is 0. The van der Waals surface area contributed by atoms with Gasteiger partial charge in [-0.25, -0.2) is 9.97 Å². The Labute approximate surface area is 172 Å². The van der Waals surface area contributed by atoms with Crippen LogP contribution in [-0.4, -0.2) is 54.2 Å². The van der Waals surface area contributed by atoms with Crippen LogP contribution in [0, 0.1) is 10.8 Å². The number of allylic oxidation sites excluding steroid dienone is 2. The molecule has 156 valence electrons. The number of aromatic nitrogens is 2. The molecule has 0 amide bonds. The lowest BCUT2D eigenvalue weighted by molar-refractivity contribution is -0.129. The Morgan fingerprint density at radius 1 is 1.31 bits per heavy atom. The van der Waals surface area contributed by atoms with Crippen LogP contribution in [-0.2, 0) is 4.79 Å². The zero-order valence-electron chi connectivity index (χ0n) is 17.6. The Morgan fingerprint density at radius 3 is 2.97 bits per heavy atom. The van der Waals surface area contributed by atoms with Crippen molar-refractivity contribution in [1.82, 2.24) is 20.6 Å². The Bertz CT molecular complexity index is 834. The molecular weight excluding hydrogens is 364 g/mol. The van der Waals surface area contributed by atoms with Gasteiger partial charge >= 0.3 is 0 Å². The van der Waals surface area contributed by atoms with Gasteiger partial charge in [0, 0.05) is 44.5 Å². The SMILES string of the molecule is CNC1=C(C(=N)c2ccnc(N3CCCNC[C@@H]3C)n2)CCC12CCCCC2=O. The fraction of sp³-hybridized carbons (Fsp3) is 0.636. The number of Topliss-reactive ketones (excluding diaryl/α,β-unsaturated/α-hetero) is 1. The third-order valence-electron chi connectivity index (χ3n) is 6.81. The first-order valence-corrected chi connectivity index (χ1v) is 10.9. The molecular formula is C22H32N6O. The number of carbonyl (C=O) groups is 1. The van der Waals surface area contributed by atoms with Crippen LogP contribution in [0.1, 0.15) is 57.6 Å². The summed E-state index contributed by atoms with van der Waals surface area (Å²) in [6.07, 6.45) is 7.99. The van der Waals surface area contributed by atoms with E-state index in [0.29, 0.717) is 35.6 Å². The van der Waals surface area contributed by atoms with Crippen molar-refractivity contribution in [3.8, 4) is 0 Å². The summed E-state index contributed by atoms with van der Waals surface area (Å²) in [7, 11) is 1.88. The average Bonchev–Trinajstić information content (AvgIpc) is 2.96. The van der Waals surface area contributed by atoms with E-state index in [-0.39, 0.29) is 0 Å². The number of hydrogen-bond acceptors (Lipinski definition) is 7. The molecule has 1 saturated heterocycles. The number of nitrogens with zero attached hydrogens (tertiary/aromatic N) is 3. The molecule has 1 saturated carbocycles. The van der Waals surface area contributed by atoms with Crippen LogP contribution in [0.25, 0.3) is 0 Å². The van der Waals surface area contributed by atoms with Crippen LogP contribution < -0.4 is 15.5 Å². The molecule has 7 nitrogen and oxygen atoms in total. The Hall–Kier alpha value is -2.28. The molecule has 2 heterocycles. The molecule has 29 heavy (non-hydrogen) atoms. The van der Waals surface area contributed by atoms with Gasteiger partial charge < -0.3 is 15.5 Å². The van der Waals surface area contributed by atoms with Gasteiger partial charge in [-0.2, -0.15) is 0 Å². The summed E-state index contributed by atoms with van der Waals surface area (Å²) in [5, 5.41) is 15.6. The van der Waals surface area contributed by atoms with Crippen LogP contribution in [0.3, 0.4) is 0 Å². The van der Waals surface area contributed by atoms with Crippen molar-refractivity contribution < 1.29 is 4.79 Å². The minimum absolute atomic E-state index is 0.309. The normalized spacial score (nSPS) is 28.0. The van der Waals surface area contributed by atoms with Crippen LogP contribution in [0.15, 0.2) is 23.5 Å². The predicted molar refractivity (Wildman–Crippen MR) is 114 cm³/mol. The van der Waals surface area contributed by atoms with E-state index in [4.69, 9.17) is 10.4 Å². The van der Waals surface area contributed by atoms with E-state index in [1.165, 1.54) is 0 Å². The first kappa shape index (κ1) is 20.0. The maximum absolute atomic E-state index is 12.8. The molecule has 0 bridgehead atoms.